The fourth-order valence-electron chi connectivity index (χ4n) is 3.09. The second-order valence-corrected chi connectivity index (χ2v) is 6.23. The van der Waals surface area contributed by atoms with Crippen LogP contribution in [0.4, 0.5) is 0 Å². The lowest BCUT2D eigenvalue weighted by atomic mass is 9.77. The van der Waals surface area contributed by atoms with Gasteiger partial charge >= 0.3 is 0 Å². The summed E-state index contributed by atoms with van der Waals surface area (Å²) < 4.78 is 5.40. The van der Waals surface area contributed by atoms with Crippen LogP contribution in [0.2, 0.25) is 5.02 Å². The van der Waals surface area contributed by atoms with Crippen molar-refractivity contribution in [2.75, 3.05) is 6.54 Å². The molecule has 0 radical (unpaired) electrons. The summed E-state index contributed by atoms with van der Waals surface area (Å²) in [6, 6.07) is 15.5. The summed E-state index contributed by atoms with van der Waals surface area (Å²) in [5, 5.41) is 3.48. The Bertz CT molecular complexity index is 904. The van der Waals surface area contributed by atoms with E-state index in [1.165, 1.54) is 17.5 Å². The second-order valence-electron chi connectivity index (χ2n) is 5.82. The Morgan fingerprint density at radius 3 is 2.83 bits per heavy atom. The molecule has 1 N–H and O–H groups in total. The minimum Gasteiger partial charge on any atom is -0.443 e. The van der Waals surface area contributed by atoms with Crippen molar-refractivity contribution in [3.05, 3.63) is 76.8 Å². The standard InChI is InChI=1S/C19H15ClN2O2/c20-16-8-4-3-7-15(16)18-17(22-11-24-18)19(23)21-10-13-9-12-5-1-2-6-14(12)13/h1-8,11,13H,9-10H2,(H,21,23)/t13-/m0/s1. The van der Waals surface area contributed by atoms with Gasteiger partial charge in [-0.1, -0.05) is 48.0 Å². The maximum Gasteiger partial charge on any atom is 0.273 e. The van der Waals surface area contributed by atoms with Crippen molar-refractivity contribution in [2.24, 2.45) is 0 Å². The first-order valence-electron chi connectivity index (χ1n) is 7.78. The maximum atomic E-state index is 12.5. The van der Waals surface area contributed by atoms with E-state index in [9.17, 15) is 4.79 Å². The summed E-state index contributed by atoms with van der Waals surface area (Å²) in [7, 11) is 0. The number of rotatable bonds is 4. The summed E-state index contributed by atoms with van der Waals surface area (Å²) in [5.74, 6) is 0.510. The van der Waals surface area contributed by atoms with E-state index < -0.39 is 0 Å². The zero-order valence-corrected chi connectivity index (χ0v) is 13.6. The van der Waals surface area contributed by atoms with Crippen LogP contribution in [0, 0.1) is 0 Å². The fourth-order valence-corrected chi connectivity index (χ4v) is 3.31. The SMILES string of the molecule is O=C(NC[C@@H]1Cc2ccccc21)c1ncoc1-c1ccccc1Cl. The summed E-state index contributed by atoms with van der Waals surface area (Å²) in [4.78, 5) is 16.6. The van der Waals surface area contributed by atoms with E-state index in [1.54, 1.807) is 6.07 Å². The Morgan fingerprint density at radius 2 is 2.00 bits per heavy atom. The summed E-state index contributed by atoms with van der Waals surface area (Å²) >= 11 is 6.19. The van der Waals surface area contributed by atoms with Crippen LogP contribution in [0.3, 0.4) is 0 Å². The van der Waals surface area contributed by atoms with E-state index in [0.717, 1.165) is 6.42 Å². The quantitative estimate of drug-likeness (QED) is 0.780. The lowest BCUT2D eigenvalue weighted by molar-refractivity contribution is 0.0946. The molecule has 1 aliphatic carbocycles. The van der Waals surface area contributed by atoms with Crippen molar-refractivity contribution < 1.29 is 9.21 Å². The van der Waals surface area contributed by atoms with Crippen molar-refractivity contribution in [2.45, 2.75) is 12.3 Å². The van der Waals surface area contributed by atoms with Crippen LogP contribution in [0.1, 0.15) is 27.5 Å². The van der Waals surface area contributed by atoms with Crippen molar-refractivity contribution in [3.8, 4) is 11.3 Å². The molecule has 3 aromatic rings. The van der Waals surface area contributed by atoms with Gasteiger partial charge in [0.2, 0.25) is 0 Å². The second kappa shape index (κ2) is 6.13. The number of oxazole rings is 1. The van der Waals surface area contributed by atoms with Crippen LogP contribution in [-0.4, -0.2) is 17.4 Å². The van der Waals surface area contributed by atoms with Crippen molar-refractivity contribution in [1.29, 1.82) is 0 Å². The third-order valence-corrected chi connectivity index (χ3v) is 4.70. The molecule has 1 atom stereocenters. The van der Waals surface area contributed by atoms with Crippen LogP contribution in [0.5, 0.6) is 0 Å². The van der Waals surface area contributed by atoms with E-state index in [2.05, 4.69) is 22.4 Å². The van der Waals surface area contributed by atoms with Crippen LogP contribution in [0.15, 0.2) is 59.3 Å². The van der Waals surface area contributed by atoms with Crippen LogP contribution in [-0.2, 0) is 6.42 Å². The Labute approximate surface area is 144 Å². The van der Waals surface area contributed by atoms with Crippen molar-refractivity contribution >= 4 is 17.5 Å². The number of nitrogens with one attached hydrogen (secondary N) is 1. The molecular formula is C19H15ClN2O2. The van der Waals surface area contributed by atoms with Crippen molar-refractivity contribution in [1.82, 2.24) is 10.3 Å². The number of halogens is 1. The number of benzene rings is 2. The Kier molecular flexibility index (Phi) is 3.82. The number of aromatic nitrogens is 1. The van der Waals surface area contributed by atoms with Gasteiger partial charge in [-0.2, -0.15) is 0 Å². The predicted molar refractivity (Wildman–Crippen MR) is 92.2 cm³/mol. The topological polar surface area (TPSA) is 55.1 Å². The zero-order valence-electron chi connectivity index (χ0n) is 12.8. The number of carbonyl (C=O) groups is 1. The molecule has 0 saturated heterocycles. The predicted octanol–water partition coefficient (Wildman–Crippen LogP) is 4.06. The first-order chi connectivity index (χ1) is 11.7. The van der Waals surface area contributed by atoms with Gasteiger partial charge in [0.05, 0.1) is 5.02 Å². The van der Waals surface area contributed by atoms with Gasteiger partial charge in [0, 0.05) is 18.0 Å². The first kappa shape index (κ1) is 15.0. The molecule has 1 aliphatic rings. The molecule has 5 heteroatoms. The highest BCUT2D eigenvalue weighted by Gasteiger charge is 2.27. The zero-order chi connectivity index (χ0) is 16.5. The van der Waals surface area contributed by atoms with E-state index >= 15 is 0 Å². The fraction of sp³-hybridized carbons (Fsp3) is 0.158. The van der Waals surface area contributed by atoms with Gasteiger partial charge in [-0.05, 0) is 29.7 Å². The highest BCUT2D eigenvalue weighted by atomic mass is 35.5. The van der Waals surface area contributed by atoms with Gasteiger partial charge in [-0.15, -0.1) is 0 Å². The summed E-state index contributed by atoms with van der Waals surface area (Å²) in [6.07, 6.45) is 2.26. The molecule has 120 valence electrons. The van der Waals surface area contributed by atoms with E-state index in [-0.39, 0.29) is 11.6 Å². The molecule has 0 fully saturated rings. The molecule has 0 bridgehead atoms. The highest BCUT2D eigenvalue weighted by Crippen LogP contribution is 2.34. The Hall–Kier alpha value is -2.59. The van der Waals surface area contributed by atoms with Gasteiger partial charge in [-0.3, -0.25) is 4.79 Å². The molecule has 1 amide bonds. The van der Waals surface area contributed by atoms with Crippen LogP contribution in [0.25, 0.3) is 11.3 Å². The Morgan fingerprint density at radius 1 is 1.21 bits per heavy atom. The third-order valence-electron chi connectivity index (χ3n) is 4.37. The van der Waals surface area contributed by atoms with Crippen molar-refractivity contribution in [3.63, 3.8) is 0 Å². The third kappa shape index (κ3) is 2.59. The van der Waals surface area contributed by atoms with E-state index in [4.69, 9.17) is 16.0 Å². The summed E-state index contributed by atoms with van der Waals surface area (Å²) in [6.45, 7) is 0.588. The van der Waals surface area contributed by atoms with Gasteiger partial charge in [0.15, 0.2) is 17.8 Å². The molecule has 4 nitrogen and oxygen atoms in total. The monoisotopic (exact) mass is 338 g/mol. The average molecular weight is 339 g/mol. The van der Waals surface area contributed by atoms with Crippen LogP contribution < -0.4 is 5.32 Å². The number of amides is 1. The molecule has 0 unspecified atom stereocenters. The average Bonchev–Trinajstić information content (AvgIpc) is 3.05. The molecule has 0 aliphatic heterocycles. The van der Waals surface area contributed by atoms with Gasteiger partial charge in [-0.25, -0.2) is 4.98 Å². The molecule has 1 heterocycles. The molecular weight excluding hydrogens is 324 g/mol. The summed E-state index contributed by atoms with van der Waals surface area (Å²) in [5.41, 5.74) is 3.59. The smallest absolute Gasteiger partial charge is 0.273 e. The maximum absolute atomic E-state index is 12.5. The van der Waals surface area contributed by atoms with Gasteiger partial charge in [0.1, 0.15) is 0 Å². The van der Waals surface area contributed by atoms with Crippen LogP contribution >= 0.6 is 11.6 Å². The normalized spacial score (nSPS) is 15.5. The van der Waals surface area contributed by atoms with Gasteiger partial charge < -0.3 is 9.73 Å². The molecule has 4 rings (SSSR count). The number of hydrogen-bond acceptors (Lipinski definition) is 3. The molecule has 24 heavy (non-hydrogen) atoms. The van der Waals surface area contributed by atoms with Gasteiger partial charge in [0.25, 0.3) is 5.91 Å². The molecule has 2 aromatic carbocycles. The number of fused-ring (bicyclic) bond motifs is 1. The largest absolute Gasteiger partial charge is 0.443 e. The number of nitrogens with zero attached hydrogens (tertiary/aromatic N) is 1. The van der Waals surface area contributed by atoms with E-state index in [0.29, 0.717) is 28.8 Å². The minimum atomic E-state index is -0.247. The molecule has 1 aromatic heterocycles. The van der Waals surface area contributed by atoms with E-state index in [1.807, 2.05) is 30.3 Å². The molecule has 0 saturated carbocycles. The lowest BCUT2D eigenvalue weighted by Gasteiger charge is -2.30. The molecule has 0 spiro atoms. The lowest BCUT2D eigenvalue weighted by Crippen LogP contribution is -2.33. The minimum absolute atomic E-state index is 0.247. The first-order valence-corrected chi connectivity index (χ1v) is 8.16. The Balaban J connectivity index is 1.49. The highest BCUT2D eigenvalue weighted by molar-refractivity contribution is 6.33. The number of hydrogen-bond donors (Lipinski definition) is 1. The number of carbonyl (C=O) groups excluding carboxylic acids is 1.